The molecule has 1 saturated carbocycles. The van der Waals surface area contributed by atoms with Crippen LogP contribution in [-0.4, -0.2) is 0 Å². The maximum absolute atomic E-state index is 13.5. The van der Waals surface area contributed by atoms with Crippen molar-refractivity contribution in [3.8, 4) is 11.8 Å². The lowest BCUT2D eigenvalue weighted by Gasteiger charge is -2.34. The number of halogens is 2. The van der Waals surface area contributed by atoms with E-state index < -0.39 is 11.6 Å². The third-order valence-corrected chi connectivity index (χ3v) is 6.58. The van der Waals surface area contributed by atoms with Gasteiger partial charge in [-0.2, -0.15) is 0 Å². The summed E-state index contributed by atoms with van der Waals surface area (Å²) in [5.74, 6) is 8.11. The number of allylic oxidation sites excluding steroid dienone is 2. The summed E-state index contributed by atoms with van der Waals surface area (Å²) in [5.41, 5.74) is 1.83. The molecule has 0 aromatic heterocycles. The van der Waals surface area contributed by atoms with Crippen molar-refractivity contribution in [1.29, 1.82) is 0 Å². The second-order valence-electron chi connectivity index (χ2n) is 8.67. The minimum absolute atomic E-state index is 0.484. The molecule has 2 aliphatic carbocycles. The van der Waals surface area contributed by atoms with Crippen LogP contribution in [0.15, 0.2) is 24.3 Å². The molecular formula is C26H34F2. The second-order valence-corrected chi connectivity index (χ2v) is 8.67. The van der Waals surface area contributed by atoms with E-state index in [2.05, 4.69) is 24.8 Å². The van der Waals surface area contributed by atoms with E-state index in [0.717, 1.165) is 49.2 Å². The Bertz CT molecular complexity index is 693. The van der Waals surface area contributed by atoms with E-state index in [-0.39, 0.29) is 0 Å². The standard InChI is InChI=1S/C26H34F2/c1-2-3-4-5-6-7-8-20-9-11-21(12-10-20)22-13-15-23(16-14-22)24-17-25(27)19-26(28)18-24/h15,17-22H,2-6,9-14,16H2,1H3. The minimum atomic E-state index is -0.484. The Morgan fingerprint density at radius 1 is 0.893 bits per heavy atom. The first-order valence-electron chi connectivity index (χ1n) is 11.3. The van der Waals surface area contributed by atoms with Crippen molar-refractivity contribution in [2.24, 2.45) is 17.8 Å². The molecule has 1 atom stereocenters. The largest absolute Gasteiger partial charge is 0.207 e. The molecule has 0 aliphatic heterocycles. The van der Waals surface area contributed by atoms with Gasteiger partial charge in [0.15, 0.2) is 0 Å². The van der Waals surface area contributed by atoms with Crippen molar-refractivity contribution in [2.75, 3.05) is 0 Å². The third-order valence-electron chi connectivity index (χ3n) is 6.58. The van der Waals surface area contributed by atoms with Gasteiger partial charge in [-0.25, -0.2) is 8.78 Å². The van der Waals surface area contributed by atoms with Crippen LogP contribution in [0, 0.1) is 41.2 Å². The first-order chi connectivity index (χ1) is 13.7. The summed E-state index contributed by atoms with van der Waals surface area (Å²) in [5, 5.41) is 0. The number of hydrogen-bond donors (Lipinski definition) is 0. The predicted molar refractivity (Wildman–Crippen MR) is 114 cm³/mol. The highest BCUT2D eigenvalue weighted by atomic mass is 19.1. The van der Waals surface area contributed by atoms with Crippen molar-refractivity contribution in [3.63, 3.8) is 0 Å². The summed E-state index contributed by atoms with van der Waals surface area (Å²) in [7, 11) is 0. The molecule has 1 aromatic carbocycles. The minimum Gasteiger partial charge on any atom is -0.207 e. The number of benzene rings is 1. The number of rotatable bonds is 6. The summed E-state index contributed by atoms with van der Waals surface area (Å²) in [6.45, 7) is 2.24. The van der Waals surface area contributed by atoms with Gasteiger partial charge in [0.25, 0.3) is 0 Å². The molecular weight excluding hydrogens is 350 g/mol. The first kappa shape index (κ1) is 21.1. The summed E-state index contributed by atoms with van der Waals surface area (Å²) in [6.07, 6.45) is 16.7. The van der Waals surface area contributed by atoms with Crippen LogP contribution < -0.4 is 0 Å². The van der Waals surface area contributed by atoms with Crippen molar-refractivity contribution in [1.82, 2.24) is 0 Å². The Hall–Kier alpha value is -1.62. The molecule has 0 amide bonds. The number of hydrogen-bond acceptors (Lipinski definition) is 0. The van der Waals surface area contributed by atoms with Crippen molar-refractivity contribution in [2.45, 2.75) is 84.0 Å². The highest BCUT2D eigenvalue weighted by Crippen LogP contribution is 2.41. The van der Waals surface area contributed by atoms with Gasteiger partial charge in [-0.15, -0.1) is 5.92 Å². The molecule has 152 valence electrons. The molecule has 0 N–H and O–H groups in total. The summed E-state index contributed by atoms with van der Waals surface area (Å²) >= 11 is 0. The van der Waals surface area contributed by atoms with Gasteiger partial charge < -0.3 is 0 Å². The fourth-order valence-electron chi connectivity index (χ4n) is 4.88. The maximum atomic E-state index is 13.5. The molecule has 1 aromatic rings. The highest BCUT2D eigenvalue weighted by Gasteiger charge is 2.28. The molecule has 2 aliphatic rings. The topological polar surface area (TPSA) is 0 Å². The van der Waals surface area contributed by atoms with Crippen LogP contribution in [0.5, 0.6) is 0 Å². The Morgan fingerprint density at radius 3 is 2.29 bits per heavy atom. The Labute approximate surface area is 169 Å². The lowest BCUT2D eigenvalue weighted by atomic mass is 9.71. The van der Waals surface area contributed by atoms with Gasteiger partial charge in [0, 0.05) is 18.4 Å². The molecule has 1 fully saturated rings. The van der Waals surface area contributed by atoms with Crippen molar-refractivity contribution in [3.05, 3.63) is 41.5 Å². The van der Waals surface area contributed by atoms with Gasteiger partial charge in [0.2, 0.25) is 0 Å². The van der Waals surface area contributed by atoms with Crippen molar-refractivity contribution >= 4 is 5.57 Å². The second kappa shape index (κ2) is 10.8. The van der Waals surface area contributed by atoms with Crippen LogP contribution in [-0.2, 0) is 0 Å². The molecule has 0 heterocycles. The number of unbranched alkanes of at least 4 members (excludes halogenated alkanes) is 4. The van der Waals surface area contributed by atoms with Crippen LogP contribution >= 0.6 is 0 Å². The van der Waals surface area contributed by atoms with Gasteiger partial charge >= 0.3 is 0 Å². The highest BCUT2D eigenvalue weighted by molar-refractivity contribution is 5.66. The van der Waals surface area contributed by atoms with E-state index >= 15 is 0 Å². The van der Waals surface area contributed by atoms with Gasteiger partial charge in [-0.3, -0.25) is 0 Å². The lowest BCUT2D eigenvalue weighted by molar-refractivity contribution is 0.215. The monoisotopic (exact) mass is 384 g/mol. The first-order valence-corrected chi connectivity index (χ1v) is 11.3. The van der Waals surface area contributed by atoms with Crippen LogP contribution in [0.2, 0.25) is 0 Å². The molecule has 28 heavy (non-hydrogen) atoms. The molecule has 0 nitrogen and oxygen atoms in total. The van der Waals surface area contributed by atoms with E-state index in [9.17, 15) is 8.78 Å². The Morgan fingerprint density at radius 2 is 1.64 bits per heavy atom. The van der Waals surface area contributed by atoms with Crippen LogP contribution in [0.4, 0.5) is 8.78 Å². The lowest BCUT2D eigenvalue weighted by Crippen LogP contribution is -2.22. The molecule has 0 radical (unpaired) electrons. The molecule has 1 unspecified atom stereocenters. The van der Waals surface area contributed by atoms with E-state index in [1.165, 1.54) is 63.5 Å². The van der Waals surface area contributed by atoms with Crippen LogP contribution in [0.1, 0.15) is 89.5 Å². The quantitative estimate of drug-likeness (QED) is 0.345. The molecule has 0 spiro atoms. The zero-order valence-corrected chi connectivity index (χ0v) is 17.3. The summed E-state index contributed by atoms with van der Waals surface area (Å²) < 4.78 is 26.9. The summed E-state index contributed by atoms with van der Waals surface area (Å²) in [6, 6.07) is 3.87. The molecule has 3 rings (SSSR count). The fourth-order valence-corrected chi connectivity index (χ4v) is 4.88. The fraction of sp³-hybridized carbons (Fsp3) is 0.615. The van der Waals surface area contributed by atoms with Gasteiger partial charge in [-0.05, 0) is 86.5 Å². The van der Waals surface area contributed by atoms with Crippen LogP contribution in [0.25, 0.3) is 5.57 Å². The Balaban J connectivity index is 1.44. The molecule has 0 bridgehead atoms. The third kappa shape index (κ3) is 6.20. The van der Waals surface area contributed by atoms with E-state index in [1.807, 2.05) is 0 Å². The normalized spacial score (nSPS) is 25.0. The molecule has 0 saturated heterocycles. The maximum Gasteiger partial charge on any atom is 0.126 e. The smallest absolute Gasteiger partial charge is 0.126 e. The van der Waals surface area contributed by atoms with Gasteiger partial charge in [-0.1, -0.05) is 38.2 Å². The van der Waals surface area contributed by atoms with Gasteiger partial charge in [0.05, 0.1) is 0 Å². The predicted octanol–water partition coefficient (Wildman–Crippen LogP) is 7.93. The Kier molecular flexibility index (Phi) is 8.13. The average molecular weight is 385 g/mol. The zero-order chi connectivity index (χ0) is 19.8. The van der Waals surface area contributed by atoms with Gasteiger partial charge in [0.1, 0.15) is 11.6 Å². The van der Waals surface area contributed by atoms with E-state index in [1.54, 1.807) is 0 Å². The van der Waals surface area contributed by atoms with E-state index in [4.69, 9.17) is 0 Å². The SMILES string of the molecule is CCCCCCC#CC1CCC(C2CC=C(c3cc(F)cc(F)c3)CC2)CC1. The summed E-state index contributed by atoms with van der Waals surface area (Å²) in [4.78, 5) is 0. The zero-order valence-electron chi connectivity index (χ0n) is 17.3. The van der Waals surface area contributed by atoms with Crippen molar-refractivity contribution < 1.29 is 8.78 Å². The molecule has 2 heteroatoms. The van der Waals surface area contributed by atoms with Crippen LogP contribution in [0.3, 0.4) is 0 Å². The van der Waals surface area contributed by atoms with E-state index in [0.29, 0.717) is 11.5 Å². The average Bonchev–Trinajstić information content (AvgIpc) is 2.70.